The number of halogens is 2. The van der Waals surface area contributed by atoms with Crippen LogP contribution < -0.4 is 5.32 Å². The topological polar surface area (TPSA) is 43.5 Å². The Kier molecular flexibility index (Phi) is 17.6. The summed E-state index contributed by atoms with van der Waals surface area (Å²) >= 11 is 0. The van der Waals surface area contributed by atoms with Crippen LogP contribution in [0.25, 0.3) is 0 Å². The molecule has 0 radical (unpaired) electrons. The van der Waals surface area contributed by atoms with Crippen molar-refractivity contribution in [1.82, 2.24) is 5.32 Å². The van der Waals surface area contributed by atoms with Crippen LogP contribution in [0.2, 0.25) is 0 Å². The summed E-state index contributed by atoms with van der Waals surface area (Å²) in [5.41, 5.74) is 0. The van der Waals surface area contributed by atoms with Crippen molar-refractivity contribution in [2.45, 2.75) is 45.1 Å². The standard InChI is InChI=1S/C8H17N.2ClH.H2O/c1-2-9-8-6-4-3-5-7-8;;;/h8-9H,2-7H2,1H3;2*1H;1H2. The molecule has 1 rings (SSSR count). The van der Waals surface area contributed by atoms with Gasteiger partial charge >= 0.3 is 0 Å². The third kappa shape index (κ3) is 7.17. The molecule has 1 aliphatic carbocycles. The van der Waals surface area contributed by atoms with E-state index in [4.69, 9.17) is 0 Å². The molecule has 0 atom stereocenters. The molecular weight excluding hydrogens is 197 g/mol. The smallest absolute Gasteiger partial charge is 0.00669 e. The summed E-state index contributed by atoms with van der Waals surface area (Å²) in [6, 6.07) is 0.851. The minimum atomic E-state index is 0. The third-order valence-corrected chi connectivity index (χ3v) is 2.10. The summed E-state index contributed by atoms with van der Waals surface area (Å²) in [5, 5.41) is 3.48. The van der Waals surface area contributed by atoms with Gasteiger partial charge in [-0.3, -0.25) is 0 Å². The lowest BCUT2D eigenvalue weighted by Gasteiger charge is -2.21. The lowest BCUT2D eigenvalue weighted by Crippen LogP contribution is -2.30. The highest BCUT2D eigenvalue weighted by Gasteiger charge is 2.10. The molecule has 12 heavy (non-hydrogen) atoms. The quantitative estimate of drug-likeness (QED) is 0.756. The molecule has 0 bridgehead atoms. The summed E-state index contributed by atoms with van der Waals surface area (Å²) in [5.74, 6) is 0. The molecule has 0 aromatic heterocycles. The second kappa shape index (κ2) is 11.5. The zero-order chi connectivity index (χ0) is 6.53. The second-order valence-corrected chi connectivity index (χ2v) is 2.89. The second-order valence-electron chi connectivity index (χ2n) is 2.89. The van der Waals surface area contributed by atoms with Gasteiger partial charge in [-0.1, -0.05) is 26.2 Å². The number of rotatable bonds is 2. The normalized spacial score (nSPS) is 16.8. The first-order valence-corrected chi connectivity index (χ1v) is 4.17. The highest BCUT2D eigenvalue weighted by Crippen LogP contribution is 2.16. The zero-order valence-corrected chi connectivity index (χ0v) is 9.27. The Labute approximate surface area is 87.6 Å². The fourth-order valence-corrected chi connectivity index (χ4v) is 1.60. The van der Waals surface area contributed by atoms with Crippen LogP contribution in [-0.4, -0.2) is 18.1 Å². The van der Waals surface area contributed by atoms with E-state index in [2.05, 4.69) is 12.2 Å². The van der Waals surface area contributed by atoms with Crippen LogP contribution in [-0.2, 0) is 0 Å². The monoisotopic (exact) mass is 217 g/mol. The first kappa shape index (κ1) is 18.3. The van der Waals surface area contributed by atoms with Crippen molar-refractivity contribution < 1.29 is 5.48 Å². The zero-order valence-electron chi connectivity index (χ0n) is 7.64. The predicted octanol–water partition coefficient (Wildman–Crippen LogP) is 1.95. The van der Waals surface area contributed by atoms with Gasteiger partial charge < -0.3 is 10.8 Å². The molecule has 78 valence electrons. The molecule has 3 N–H and O–H groups in total. The Morgan fingerprint density at radius 1 is 1.08 bits per heavy atom. The highest BCUT2D eigenvalue weighted by molar-refractivity contribution is 5.85. The number of hydrogen-bond donors (Lipinski definition) is 1. The van der Waals surface area contributed by atoms with E-state index in [0.717, 1.165) is 12.6 Å². The van der Waals surface area contributed by atoms with Crippen molar-refractivity contribution in [2.75, 3.05) is 6.54 Å². The maximum Gasteiger partial charge on any atom is 0.00669 e. The van der Waals surface area contributed by atoms with Crippen LogP contribution in [0.3, 0.4) is 0 Å². The van der Waals surface area contributed by atoms with E-state index < -0.39 is 0 Å². The molecule has 0 aromatic rings. The summed E-state index contributed by atoms with van der Waals surface area (Å²) in [6.07, 6.45) is 7.17. The number of nitrogens with one attached hydrogen (secondary N) is 1. The van der Waals surface area contributed by atoms with Crippen LogP contribution in [0.5, 0.6) is 0 Å². The molecule has 2 nitrogen and oxygen atoms in total. The molecule has 0 spiro atoms. The average Bonchev–Trinajstić information content (AvgIpc) is 1.91. The van der Waals surface area contributed by atoms with Crippen molar-refractivity contribution in [3.63, 3.8) is 0 Å². The predicted molar refractivity (Wildman–Crippen MR) is 58.7 cm³/mol. The van der Waals surface area contributed by atoms with Gasteiger partial charge in [0, 0.05) is 6.04 Å². The van der Waals surface area contributed by atoms with Crippen LogP contribution in [0.1, 0.15) is 39.0 Å². The summed E-state index contributed by atoms with van der Waals surface area (Å²) in [7, 11) is 0. The molecular formula is C8H21Cl2NO. The van der Waals surface area contributed by atoms with Gasteiger partial charge in [0.2, 0.25) is 0 Å². The summed E-state index contributed by atoms with van der Waals surface area (Å²) < 4.78 is 0. The van der Waals surface area contributed by atoms with Crippen LogP contribution in [0.15, 0.2) is 0 Å². The van der Waals surface area contributed by atoms with Gasteiger partial charge in [0.1, 0.15) is 0 Å². The fraction of sp³-hybridized carbons (Fsp3) is 1.00. The van der Waals surface area contributed by atoms with E-state index in [1.807, 2.05) is 0 Å². The van der Waals surface area contributed by atoms with E-state index in [1.165, 1.54) is 32.1 Å². The van der Waals surface area contributed by atoms with Crippen molar-refractivity contribution in [1.29, 1.82) is 0 Å². The third-order valence-electron chi connectivity index (χ3n) is 2.10. The van der Waals surface area contributed by atoms with E-state index in [-0.39, 0.29) is 30.3 Å². The van der Waals surface area contributed by atoms with E-state index in [0.29, 0.717) is 0 Å². The van der Waals surface area contributed by atoms with Gasteiger partial charge in [-0.05, 0) is 19.4 Å². The summed E-state index contributed by atoms with van der Waals surface area (Å²) in [4.78, 5) is 0. The lowest BCUT2D eigenvalue weighted by molar-refractivity contribution is 0.380. The lowest BCUT2D eigenvalue weighted by atomic mass is 9.96. The Morgan fingerprint density at radius 2 is 1.58 bits per heavy atom. The molecule has 0 unspecified atom stereocenters. The van der Waals surface area contributed by atoms with Gasteiger partial charge in [-0.25, -0.2) is 0 Å². The molecule has 1 saturated carbocycles. The Balaban J connectivity index is -0.000000270. The van der Waals surface area contributed by atoms with Gasteiger partial charge in [-0.2, -0.15) is 0 Å². The van der Waals surface area contributed by atoms with Gasteiger partial charge in [0.05, 0.1) is 0 Å². The van der Waals surface area contributed by atoms with Crippen LogP contribution >= 0.6 is 24.8 Å². The fourth-order valence-electron chi connectivity index (χ4n) is 1.60. The van der Waals surface area contributed by atoms with Crippen molar-refractivity contribution >= 4 is 24.8 Å². The summed E-state index contributed by atoms with van der Waals surface area (Å²) in [6.45, 7) is 3.33. The van der Waals surface area contributed by atoms with E-state index in [9.17, 15) is 0 Å². The maximum absolute atomic E-state index is 3.48. The maximum atomic E-state index is 3.48. The SMILES string of the molecule is CCNC1CCCCC1.Cl.Cl.O. The van der Waals surface area contributed by atoms with E-state index >= 15 is 0 Å². The molecule has 1 fully saturated rings. The van der Waals surface area contributed by atoms with Crippen LogP contribution in [0.4, 0.5) is 0 Å². The molecule has 0 aliphatic heterocycles. The average molecular weight is 218 g/mol. The van der Waals surface area contributed by atoms with Gasteiger partial charge in [0.25, 0.3) is 0 Å². The number of hydrogen-bond acceptors (Lipinski definition) is 1. The van der Waals surface area contributed by atoms with Crippen molar-refractivity contribution in [3.8, 4) is 0 Å². The van der Waals surface area contributed by atoms with Crippen LogP contribution in [0, 0.1) is 0 Å². The van der Waals surface area contributed by atoms with Gasteiger partial charge in [-0.15, -0.1) is 24.8 Å². The molecule has 0 saturated heterocycles. The molecule has 1 aliphatic rings. The minimum absolute atomic E-state index is 0. The Morgan fingerprint density at radius 3 is 2.00 bits per heavy atom. The highest BCUT2D eigenvalue weighted by atomic mass is 35.5. The minimum Gasteiger partial charge on any atom is -0.412 e. The Bertz CT molecular complexity index is 74.7. The Hall–Kier alpha value is 0.500. The largest absolute Gasteiger partial charge is 0.412 e. The molecule has 4 heteroatoms. The first-order chi connectivity index (χ1) is 4.43. The first-order valence-electron chi connectivity index (χ1n) is 4.17. The van der Waals surface area contributed by atoms with Crippen molar-refractivity contribution in [2.24, 2.45) is 0 Å². The van der Waals surface area contributed by atoms with Gasteiger partial charge in [0.15, 0.2) is 0 Å². The molecule has 0 heterocycles. The molecule has 0 amide bonds. The van der Waals surface area contributed by atoms with E-state index in [1.54, 1.807) is 0 Å². The van der Waals surface area contributed by atoms with Crippen molar-refractivity contribution in [3.05, 3.63) is 0 Å². The molecule has 0 aromatic carbocycles.